The van der Waals surface area contributed by atoms with Crippen LogP contribution in [0.2, 0.25) is 0 Å². The minimum atomic E-state index is -0.301. The summed E-state index contributed by atoms with van der Waals surface area (Å²) in [6.45, 7) is 5.60. The number of carbonyl (C=O) groups excluding carboxylic acids is 1. The van der Waals surface area contributed by atoms with E-state index in [0.29, 0.717) is 5.16 Å². The maximum Gasteiger partial charge on any atom is 0.278 e. The van der Waals surface area contributed by atoms with Gasteiger partial charge in [-0.2, -0.15) is 0 Å². The quantitative estimate of drug-likeness (QED) is 0.743. The molecule has 2 aromatic rings. The largest absolute Gasteiger partial charge is 0.342 e. The molecule has 0 unspecified atom stereocenters. The van der Waals surface area contributed by atoms with E-state index in [-0.39, 0.29) is 22.9 Å². The van der Waals surface area contributed by atoms with Gasteiger partial charge < -0.3 is 4.90 Å². The first-order chi connectivity index (χ1) is 11.7. The van der Waals surface area contributed by atoms with Crippen LogP contribution in [-0.2, 0) is 4.79 Å². The van der Waals surface area contributed by atoms with Crippen LogP contribution in [0.25, 0.3) is 11.3 Å². The van der Waals surface area contributed by atoms with Crippen molar-refractivity contribution in [3.63, 3.8) is 0 Å². The number of nitrogens with zero attached hydrogens (tertiary/aromatic N) is 3. The molecule has 1 amide bonds. The zero-order valence-corrected chi connectivity index (χ0v) is 14.8. The van der Waals surface area contributed by atoms with Gasteiger partial charge in [-0.05, 0) is 12.8 Å². The van der Waals surface area contributed by atoms with Gasteiger partial charge >= 0.3 is 0 Å². The maximum absolute atomic E-state index is 12.2. The van der Waals surface area contributed by atoms with Gasteiger partial charge in [0, 0.05) is 18.7 Å². The lowest BCUT2D eigenvalue weighted by atomic mass is 10.2. The van der Waals surface area contributed by atoms with Crippen molar-refractivity contribution in [3.05, 3.63) is 40.7 Å². The van der Waals surface area contributed by atoms with Crippen molar-refractivity contribution in [2.24, 2.45) is 0 Å². The normalized spacial score (nSPS) is 10.6. The molecule has 0 aliphatic heterocycles. The summed E-state index contributed by atoms with van der Waals surface area (Å²) in [5, 5.41) is 8.39. The van der Waals surface area contributed by atoms with E-state index in [9.17, 15) is 9.59 Å². The van der Waals surface area contributed by atoms with Crippen molar-refractivity contribution < 1.29 is 4.79 Å². The lowest BCUT2D eigenvalue weighted by Gasteiger charge is -2.20. The molecule has 0 radical (unpaired) electrons. The van der Waals surface area contributed by atoms with Crippen LogP contribution in [0.1, 0.15) is 26.7 Å². The third-order valence-corrected chi connectivity index (χ3v) is 4.24. The molecule has 1 heterocycles. The number of nitrogens with one attached hydrogen (secondary N) is 1. The van der Waals surface area contributed by atoms with Crippen molar-refractivity contribution in [1.82, 2.24) is 20.1 Å². The lowest BCUT2D eigenvalue weighted by molar-refractivity contribution is -0.128. The van der Waals surface area contributed by atoms with Crippen LogP contribution in [0.15, 0.2) is 40.3 Å². The van der Waals surface area contributed by atoms with E-state index in [1.165, 1.54) is 11.8 Å². The molecule has 7 heteroatoms. The molecule has 1 N–H and O–H groups in total. The summed E-state index contributed by atoms with van der Waals surface area (Å²) < 4.78 is 0. The summed E-state index contributed by atoms with van der Waals surface area (Å²) in [4.78, 5) is 28.9. The number of benzene rings is 1. The number of thioether (sulfide) groups is 1. The molecule has 24 heavy (non-hydrogen) atoms. The van der Waals surface area contributed by atoms with E-state index in [1.54, 1.807) is 0 Å². The van der Waals surface area contributed by atoms with Crippen LogP contribution in [0.4, 0.5) is 0 Å². The topological polar surface area (TPSA) is 79.0 Å². The van der Waals surface area contributed by atoms with Gasteiger partial charge in [0.1, 0.15) is 0 Å². The van der Waals surface area contributed by atoms with Gasteiger partial charge in [-0.15, -0.1) is 10.2 Å². The van der Waals surface area contributed by atoms with E-state index in [0.717, 1.165) is 31.5 Å². The Labute approximate surface area is 145 Å². The molecule has 2 rings (SSSR count). The van der Waals surface area contributed by atoms with Crippen molar-refractivity contribution in [3.8, 4) is 11.3 Å². The van der Waals surface area contributed by atoms with Crippen molar-refractivity contribution in [2.75, 3.05) is 18.8 Å². The third kappa shape index (κ3) is 4.92. The Morgan fingerprint density at radius 1 is 1.12 bits per heavy atom. The highest BCUT2D eigenvalue weighted by atomic mass is 32.2. The highest BCUT2D eigenvalue weighted by Gasteiger charge is 2.14. The van der Waals surface area contributed by atoms with Gasteiger partial charge in [-0.25, -0.2) is 0 Å². The van der Waals surface area contributed by atoms with Crippen LogP contribution < -0.4 is 5.56 Å². The number of rotatable bonds is 8. The molecule has 0 fully saturated rings. The molecule has 6 nitrogen and oxygen atoms in total. The van der Waals surface area contributed by atoms with Crippen LogP contribution in [-0.4, -0.2) is 44.8 Å². The Hall–Kier alpha value is -2.15. The highest BCUT2D eigenvalue weighted by Crippen LogP contribution is 2.14. The molecule has 0 saturated heterocycles. The molecular weight excluding hydrogens is 324 g/mol. The molecule has 0 bridgehead atoms. The zero-order valence-electron chi connectivity index (χ0n) is 14.0. The highest BCUT2D eigenvalue weighted by molar-refractivity contribution is 7.99. The summed E-state index contributed by atoms with van der Waals surface area (Å²) in [5.41, 5.74) is 0.700. The van der Waals surface area contributed by atoms with E-state index >= 15 is 0 Å². The van der Waals surface area contributed by atoms with Crippen LogP contribution in [0, 0.1) is 0 Å². The zero-order chi connectivity index (χ0) is 17.4. The first-order valence-electron chi connectivity index (χ1n) is 8.08. The molecule has 0 atom stereocenters. The Kier molecular flexibility index (Phi) is 6.99. The summed E-state index contributed by atoms with van der Waals surface area (Å²) in [7, 11) is 0. The maximum atomic E-state index is 12.2. The second kappa shape index (κ2) is 9.22. The molecule has 1 aromatic heterocycles. The predicted molar refractivity (Wildman–Crippen MR) is 96.0 cm³/mol. The monoisotopic (exact) mass is 346 g/mol. The van der Waals surface area contributed by atoms with Crippen molar-refractivity contribution in [2.45, 2.75) is 31.8 Å². The van der Waals surface area contributed by atoms with Gasteiger partial charge in [0.25, 0.3) is 5.56 Å². The third-order valence-electron chi connectivity index (χ3n) is 3.40. The fourth-order valence-electron chi connectivity index (χ4n) is 2.29. The number of aromatic nitrogens is 3. The van der Waals surface area contributed by atoms with Crippen LogP contribution >= 0.6 is 11.8 Å². The van der Waals surface area contributed by atoms with E-state index < -0.39 is 0 Å². The standard InChI is InChI=1S/C17H22N4O2S/c1-3-10-21(11-4-2)14(22)12-24-17-18-16(23)15(19-20-17)13-8-6-5-7-9-13/h5-9H,3-4,10-12H2,1-2H3,(H,18,20,23). The van der Waals surface area contributed by atoms with Gasteiger partial charge in [0.2, 0.25) is 5.91 Å². The minimum absolute atomic E-state index is 0.0542. The Morgan fingerprint density at radius 2 is 1.79 bits per heavy atom. The molecule has 0 aliphatic carbocycles. The Bertz CT molecular complexity index is 712. The van der Waals surface area contributed by atoms with Crippen LogP contribution in [0.5, 0.6) is 0 Å². The van der Waals surface area contributed by atoms with Crippen molar-refractivity contribution >= 4 is 17.7 Å². The number of hydrogen-bond acceptors (Lipinski definition) is 5. The summed E-state index contributed by atoms with van der Waals surface area (Å²) in [6.07, 6.45) is 1.86. The summed E-state index contributed by atoms with van der Waals surface area (Å²) >= 11 is 1.21. The SMILES string of the molecule is CCCN(CCC)C(=O)CSc1nnc(-c2ccccc2)c(=O)[nH]1. The van der Waals surface area contributed by atoms with Gasteiger partial charge in [0.05, 0.1) is 5.75 Å². The van der Waals surface area contributed by atoms with E-state index in [4.69, 9.17) is 0 Å². The average Bonchev–Trinajstić information content (AvgIpc) is 2.60. The molecule has 0 saturated carbocycles. The van der Waals surface area contributed by atoms with E-state index in [1.807, 2.05) is 49.1 Å². The molecule has 1 aromatic carbocycles. The number of aromatic amines is 1. The fraction of sp³-hybridized carbons (Fsp3) is 0.412. The number of H-pyrrole nitrogens is 1. The second-order valence-electron chi connectivity index (χ2n) is 5.34. The van der Waals surface area contributed by atoms with Gasteiger partial charge in [0.15, 0.2) is 10.9 Å². The number of carbonyl (C=O) groups is 1. The smallest absolute Gasteiger partial charge is 0.278 e. The number of amides is 1. The van der Waals surface area contributed by atoms with E-state index in [2.05, 4.69) is 15.2 Å². The average molecular weight is 346 g/mol. The summed E-state index contributed by atoms with van der Waals surface area (Å²) in [5.74, 6) is 0.299. The fourth-order valence-corrected chi connectivity index (χ4v) is 3.00. The molecule has 0 aliphatic rings. The first kappa shape index (κ1) is 18.2. The second-order valence-corrected chi connectivity index (χ2v) is 6.31. The first-order valence-corrected chi connectivity index (χ1v) is 9.07. The predicted octanol–water partition coefficient (Wildman–Crippen LogP) is 2.57. The molecule has 0 spiro atoms. The molecular formula is C17H22N4O2S. The van der Waals surface area contributed by atoms with Crippen LogP contribution in [0.3, 0.4) is 0 Å². The summed E-state index contributed by atoms with van der Waals surface area (Å²) in [6, 6.07) is 9.17. The number of hydrogen-bond donors (Lipinski definition) is 1. The Morgan fingerprint density at radius 3 is 2.38 bits per heavy atom. The Balaban J connectivity index is 2.02. The molecule has 128 valence electrons. The van der Waals surface area contributed by atoms with Crippen molar-refractivity contribution in [1.29, 1.82) is 0 Å². The minimum Gasteiger partial charge on any atom is -0.342 e. The lowest BCUT2D eigenvalue weighted by Crippen LogP contribution is -2.33. The van der Waals surface area contributed by atoms with Gasteiger partial charge in [-0.3, -0.25) is 14.6 Å². The van der Waals surface area contributed by atoms with Gasteiger partial charge in [-0.1, -0.05) is 55.9 Å².